The van der Waals surface area contributed by atoms with Crippen LogP contribution in [0.1, 0.15) is 25.8 Å². The van der Waals surface area contributed by atoms with Crippen molar-refractivity contribution in [3.8, 4) is 0 Å². The number of nitrogens with zero attached hydrogens (tertiary/aromatic N) is 2. The van der Waals surface area contributed by atoms with E-state index < -0.39 is 10.0 Å². The fraction of sp³-hybridized carbons (Fsp3) is 0.611. The van der Waals surface area contributed by atoms with Gasteiger partial charge in [-0.15, -0.1) is 0 Å². The Morgan fingerprint density at radius 2 is 1.72 bits per heavy atom. The van der Waals surface area contributed by atoms with Crippen LogP contribution in [-0.4, -0.2) is 62.8 Å². The molecule has 1 N–H and O–H groups in total. The van der Waals surface area contributed by atoms with Gasteiger partial charge in [-0.25, -0.2) is 8.42 Å². The Kier molecular flexibility index (Phi) is 6.98. The molecule has 2 rings (SSSR count). The van der Waals surface area contributed by atoms with E-state index in [4.69, 9.17) is 0 Å². The summed E-state index contributed by atoms with van der Waals surface area (Å²) in [7, 11) is -3.45. The molecule has 1 fully saturated rings. The standard InChI is InChI=1S/C18H29N3O3S/c1-15(2)8-9-19-18(22)14-20-10-12-21(13-11-20)25(23,24)17-6-4-16(3)5-7-17/h4-7,15H,8-14H2,1-3H3,(H,19,22). The number of hydrogen-bond acceptors (Lipinski definition) is 4. The lowest BCUT2D eigenvalue weighted by molar-refractivity contribution is -0.122. The van der Waals surface area contributed by atoms with E-state index in [0.717, 1.165) is 12.0 Å². The Labute approximate surface area is 151 Å². The molecule has 6 nitrogen and oxygen atoms in total. The number of rotatable bonds is 7. The third-order valence-electron chi connectivity index (χ3n) is 4.40. The fourth-order valence-electron chi connectivity index (χ4n) is 2.75. The van der Waals surface area contributed by atoms with Crippen molar-refractivity contribution in [1.29, 1.82) is 0 Å². The summed E-state index contributed by atoms with van der Waals surface area (Å²) in [6, 6.07) is 6.92. The molecule has 25 heavy (non-hydrogen) atoms. The fourth-order valence-corrected chi connectivity index (χ4v) is 4.17. The second kappa shape index (κ2) is 8.78. The maximum Gasteiger partial charge on any atom is 0.243 e. The van der Waals surface area contributed by atoms with E-state index in [0.29, 0.717) is 50.1 Å². The van der Waals surface area contributed by atoms with Gasteiger partial charge in [-0.2, -0.15) is 4.31 Å². The summed E-state index contributed by atoms with van der Waals surface area (Å²) in [5.41, 5.74) is 1.03. The van der Waals surface area contributed by atoms with E-state index in [1.165, 1.54) is 4.31 Å². The summed E-state index contributed by atoms with van der Waals surface area (Å²) < 4.78 is 26.8. The first-order chi connectivity index (χ1) is 11.8. The number of carbonyl (C=O) groups excluding carboxylic acids is 1. The quantitative estimate of drug-likeness (QED) is 0.792. The molecule has 0 spiro atoms. The average molecular weight is 368 g/mol. The summed E-state index contributed by atoms with van der Waals surface area (Å²) >= 11 is 0. The van der Waals surface area contributed by atoms with Crippen LogP contribution in [0.3, 0.4) is 0 Å². The first kappa shape index (κ1) is 19.9. The molecule has 0 unspecified atom stereocenters. The molecule has 0 aliphatic carbocycles. The van der Waals surface area contributed by atoms with Crippen molar-refractivity contribution in [3.05, 3.63) is 29.8 Å². The summed E-state index contributed by atoms with van der Waals surface area (Å²) in [5, 5.41) is 2.92. The lowest BCUT2D eigenvalue weighted by Gasteiger charge is -2.33. The molecule has 0 atom stereocenters. The highest BCUT2D eigenvalue weighted by Gasteiger charge is 2.28. The second-order valence-electron chi connectivity index (χ2n) is 7.03. The van der Waals surface area contributed by atoms with Crippen molar-refractivity contribution in [1.82, 2.24) is 14.5 Å². The number of sulfonamides is 1. The normalized spacial score (nSPS) is 17.0. The third-order valence-corrected chi connectivity index (χ3v) is 6.31. The van der Waals surface area contributed by atoms with Crippen molar-refractivity contribution >= 4 is 15.9 Å². The zero-order valence-corrected chi connectivity index (χ0v) is 16.2. The highest BCUT2D eigenvalue weighted by molar-refractivity contribution is 7.89. The van der Waals surface area contributed by atoms with Gasteiger partial charge >= 0.3 is 0 Å². The van der Waals surface area contributed by atoms with Gasteiger partial charge in [0.05, 0.1) is 11.4 Å². The van der Waals surface area contributed by atoms with E-state index in [1.54, 1.807) is 12.1 Å². The van der Waals surface area contributed by atoms with E-state index in [1.807, 2.05) is 24.0 Å². The van der Waals surface area contributed by atoms with Crippen LogP contribution in [0.5, 0.6) is 0 Å². The summed E-state index contributed by atoms with van der Waals surface area (Å²) in [6.07, 6.45) is 0.967. The number of carbonyl (C=O) groups is 1. The molecule has 1 aromatic carbocycles. The van der Waals surface area contributed by atoms with Crippen LogP contribution in [0.15, 0.2) is 29.2 Å². The predicted octanol–water partition coefficient (Wildman–Crippen LogP) is 1.46. The van der Waals surface area contributed by atoms with Crippen LogP contribution >= 0.6 is 0 Å². The molecule has 0 saturated carbocycles. The van der Waals surface area contributed by atoms with E-state index in [2.05, 4.69) is 19.2 Å². The Hall–Kier alpha value is -1.44. The van der Waals surface area contributed by atoms with Gasteiger partial charge in [0.15, 0.2) is 0 Å². The number of aryl methyl sites for hydroxylation is 1. The molecule has 0 aromatic heterocycles. The molecule has 1 aliphatic heterocycles. The van der Waals surface area contributed by atoms with Crippen molar-refractivity contribution < 1.29 is 13.2 Å². The smallest absolute Gasteiger partial charge is 0.243 e. The Bertz CT molecular complexity index is 663. The van der Waals surface area contributed by atoms with Gasteiger partial charge in [-0.3, -0.25) is 9.69 Å². The highest BCUT2D eigenvalue weighted by Crippen LogP contribution is 2.18. The van der Waals surface area contributed by atoms with E-state index in [9.17, 15) is 13.2 Å². The minimum atomic E-state index is -3.45. The molecule has 1 amide bonds. The largest absolute Gasteiger partial charge is 0.355 e. The first-order valence-corrected chi connectivity index (χ1v) is 10.3. The zero-order valence-electron chi connectivity index (χ0n) is 15.4. The van der Waals surface area contributed by atoms with E-state index >= 15 is 0 Å². The first-order valence-electron chi connectivity index (χ1n) is 8.85. The lowest BCUT2D eigenvalue weighted by atomic mass is 10.1. The third kappa shape index (κ3) is 5.80. The molecule has 7 heteroatoms. The Morgan fingerprint density at radius 3 is 2.28 bits per heavy atom. The molecule has 1 aliphatic rings. The topological polar surface area (TPSA) is 69.7 Å². The SMILES string of the molecule is Cc1ccc(S(=O)(=O)N2CCN(CC(=O)NCCC(C)C)CC2)cc1. The monoisotopic (exact) mass is 367 g/mol. The number of benzene rings is 1. The maximum absolute atomic E-state index is 12.7. The molecular formula is C18H29N3O3S. The zero-order chi connectivity index (χ0) is 18.4. The van der Waals surface area contributed by atoms with E-state index in [-0.39, 0.29) is 5.91 Å². The maximum atomic E-state index is 12.7. The van der Waals surface area contributed by atoms with Gasteiger partial charge in [-0.1, -0.05) is 31.5 Å². The van der Waals surface area contributed by atoms with Crippen LogP contribution in [-0.2, 0) is 14.8 Å². The van der Waals surface area contributed by atoms with Crippen LogP contribution in [0, 0.1) is 12.8 Å². The molecule has 0 bridgehead atoms. The predicted molar refractivity (Wildman–Crippen MR) is 98.8 cm³/mol. The summed E-state index contributed by atoms with van der Waals surface area (Å²) in [4.78, 5) is 14.3. The minimum Gasteiger partial charge on any atom is -0.355 e. The highest BCUT2D eigenvalue weighted by atomic mass is 32.2. The summed E-state index contributed by atoms with van der Waals surface area (Å²) in [5.74, 6) is 0.575. The van der Waals surface area contributed by atoms with Crippen LogP contribution < -0.4 is 5.32 Å². The van der Waals surface area contributed by atoms with Crippen LogP contribution in [0.25, 0.3) is 0 Å². The molecular weight excluding hydrogens is 338 g/mol. The minimum absolute atomic E-state index is 0.00971. The summed E-state index contributed by atoms with van der Waals surface area (Å²) in [6.45, 7) is 9.17. The number of amides is 1. The van der Waals surface area contributed by atoms with Crippen molar-refractivity contribution in [2.24, 2.45) is 5.92 Å². The second-order valence-corrected chi connectivity index (χ2v) is 8.96. The number of piperazine rings is 1. The lowest BCUT2D eigenvalue weighted by Crippen LogP contribution is -2.51. The van der Waals surface area contributed by atoms with Gasteiger partial charge in [-0.05, 0) is 31.4 Å². The van der Waals surface area contributed by atoms with Gasteiger partial charge in [0.25, 0.3) is 0 Å². The number of nitrogens with one attached hydrogen (secondary N) is 1. The Balaban J connectivity index is 1.82. The van der Waals surface area contributed by atoms with Crippen LogP contribution in [0.4, 0.5) is 0 Å². The van der Waals surface area contributed by atoms with Gasteiger partial charge in [0, 0.05) is 32.7 Å². The van der Waals surface area contributed by atoms with Crippen molar-refractivity contribution in [3.63, 3.8) is 0 Å². The van der Waals surface area contributed by atoms with Gasteiger partial charge in [0.1, 0.15) is 0 Å². The average Bonchev–Trinajstić information content (AvgIpc) is 2.55. The molecule has 1 heterocycles. The van der Waals surface area contributed by atoms with Gasteiger partial charge < -0.3 is 5.32 Å². The van der Waals surface area contributed by atoms with Crippen molar-refractivity contribution in [2.45, 2.75) is 32.1 Å². The van der Waals surface area contributed by atoms with Crippen molar-refractivity contribution in [2.75, 3.05) is 39.3 Å². The molecule has 1 saturated heterocycles. The Morgan fingerprint density at radius 1 is 1.12 bits per heavy atom. The number of hydrogen-bond donors (Lipinski definition) is 1. The molecule has 0 radical (unpaired) electrons. The molecule has 1 aromatic rings. The van der Waals surface area contributed by atoms with Gasteiger partial charge in [0.2, 0.25) is 15.9 Å². The molecule has 140 valence electrons. The van der Waals surface area contributed by atoms with Crippen LogP contribution in [0.2, 0.25) is 0 Å².